The second-order valence-electron chi connectivity index (χ2n) is 7.20. The molecule has 2 aromatic carbocycles. The number of aliphatic hydroxyl groups is 1. The minimum atomic E-state index is -2.47. The summed E-state index contributed by atoms with van der Waals surface area (Å²) in [5.74, 6) is -5.29. The zero-order valence-corrected chi connectivity index (χ0v) is 17.1. The monoisotopic (exact) mass is 450 g/mol. The van der Waals surface area contributed by atoms with Gasteiger partial charge in [0.2, 0.25) is 0 Å². The van der Waals surface area contributed by atoms with Gasteiger partial charge in [-0.05, 0) is 42.2 Å². The summed E-state index contributed by atoms with van der Waals surface area (Å²) in [6, 6.07) is 16.2. The first-order valence-corrected chi connectivity index (χ1v) is 9.94. The molecule has 10 heteroatoms. The summed E-state index contributed by atoms with van der Waals surface area (Å²) in [4.78, 5) is 38.6. The molecule has 0 saturated carbocycles. The molecule has 0 spiro atoms. The molecule has 1 atom stereocenters. The quantitative estimate of drug-likeness (QED) is 0.237. The molecule has 4 rings (SSSR count). The van der Waals surface area contributed by atoms with Gasteiger partial charge in [0, 0.05) is 12.4 Å². The highest BCUT2D eigenvalue weighted by Crippen LogP contribution is 2.37. The number of aromatic nitrogens is 1. The van der Waals surface area contributed by atoms with E-state index < -0.39 is 28.9 Å². The van der Waals surface area contributed by atoms with Crippen molar-refractivity contribution >= 4 is 17.6 Å². The van der Waals surface area contributed by atoms with Crippen LogP contribution in [0.25, 0.3) is 11.1 Å². The summed E-state index contributed by atoms with van der Waals surface area (Å²) in [6.45, 7) is 0. The number of aliphatic hydroxyl groups excluding tert-OH is 1. The third-order valence-corrected chi connectivity index (χ3v) is 4.98. The van der Waals surface area contributed by atoms with Gasteiger partial charge in [0.05, 0.1) is 16.6 Å². The fraction of sp³-hybridized carbons (Fsp3) is 0.174. The maximum absolute atomic E-state index is 11.8. The molecule has 1 aliphatic heterocycles. The molecule has 1 saturated heterocycles. The van der Waals surface area contributed by atoms with Gasteiger partial charge in [-0.1, -0.05) is 36.4 Å². The Hall–Kier alpha value is -4.31. The van der Waals surface area contributed by atoms with Crippen molar-refractivity contribution in [2.24, 2.45) is 0 Å². The third-order valence-electron chi connectivity index (χ3n) is 4.98. The molecule has 0 unspecified atom stereocenters. The Morgan fingerprint density at radius 3 is 2.42 bits per heavy atom. The molecular formula is C23H18N2O8. The number of cyclic esters (lactones) is 2. The predicted molar refractivity (Wildman–Crippen MR) is 113 cm³/mol. The number of hydrogen-bond acceptors (Lipinski definition) is 9. The van der Waals surface area contributed by atoms with E-state index in [9.17, 15) is 24.8 Å². The number of rotatable bonds is 8. The molecule has 1 fully saturated rings. The van der Waals surface area contributed by atoms with Crippen LogP contribution in [0.5, 0.6) is 5.75 Å². The predicted octanol–water partition coefficient (Wildman–Crippen LogP) is 2.78. The average molecular weight is 450 g/mol. The number of pyridine rings is 1. The van der Waals surface area contributed by atoms with Crippen molar-refractivity contribution in [2.45, 2.75) is 24.9 Å². The van der Waals surface area contributed by atoms with Crippen molar-refractivity contribution in [1.82, 2.24) is 4.98 Å². The topological polar surface area (TPSA) is 138 Å². The van der Waals surface area contributed by atoms with Crippen molar-refractivity contribution in [3.63, 3.8) is 0 Å². The summed E-state index contributed by atoms with van der Waals surface area (Å²) in [6.07, 6.45) is 1.90. The maximum atomic E-state index is 11.8. The number of carbonyl (C=O) groups is 2. The van der Waals surface area contributed by atoms with Crippen LogP contribution in [0, 0.1) is 10.1 Å². The Morgan fingerprint density at radius 1 is 1.06 bits per heavy atom. The Balaban J connectivity index is 1.62. The molecule has 1 N–H and O–H groups in total. The second kappa shape index (κ2) is 9.05. The van der Waals surface area contributed by atoms with Gasteiger partial charge in [0.1, 0.15) is 5.75 Å². The van der Waals surface area contributed by atoms with Crippen molar-refractivity contribution < 1.29 is 33.8 Å². The lowest BCUT2D eigenvalue weighted by Crippen LogP contribution is -2.49. The molecule has 2 heterocycles. The van der Waals surface area contributed by atoms with Gasteiger partial charge in [-0.3, -0.25) is 15.1 Å². The largest absolute Gasteiger partial charge is 0.450 e. The molecule has 0 bridgehead atoms. The van der Waals surface area contributed by atoms with Crippen LogP contribution in [0.1, 0.15) is 12.0 Å². The molecule has 10 nitrogen and oxygen atoms in total. The summed E-state index contributed by atoms with van der Waals surface area (Å²) in [5.41, 5.74) is 1.44. The van der Waals surface area contributed by atoms with Gasteiger partial charge in [-0.2, -0.15) is 0 Å². The van der Waals surface area contributed by atoms with Crippen LogP contribution in [-0.2, 0) is 25.5 Å². The first-order chi connectivity index (χ1) is 15.9. The first kappa shape index (κ1) is 21.9. The van der Waals surface area contributed by atoms with Gasteiger partial charge in [-0.15, -0.1) is 0 Å². The summed E-state index contributed by atoms with van der Waals surface area (Å²) < 4.78 is 15.5. The molecular weight excluding hydrogens is 432 g/mol. The van der Waals surface area contributed by atoms with E-state index in [2.05, 4.69) is 4.98 Å². The van der Waals surface area contributed by atoms with Crippen molar-refractivity contribution in [3.8, 4) is 16.9 Å². The Kier molecular flexibility index (Phi) is 6.01. The van der Waals surface area contributed by atoms with Crippen LogP contribution >= 0.6 is 0 Å². The average Bonchev–Trinajstić information content (AvgIpc) is 3.12. The van der Waals surface area contributed by atoms with Crippen LogP contribution in [0.15, 0.2) is 73.1 Å². The number of carbonyl (C=O) groups excluding carboxylic acids is 2. The van der Waals surface area contributed by atoms with Crippen LogP contribution < -0.4 is 4.74 Å². The Bertz CT molecular complexity index is 1170. The van der Waals surface area contributed by atoms with Crippen LogP contribution in [0.4, 0.5) is 5.69 Å². The number of nitro groups is 1. The lowest BCUT2D eigenvalue weighted by molar-refractivity contribution is -0.384. The van der Waals surface area contributed by atoms with Gasteiger partial charge in [0.25, 0.3) is 5.69 Å². The van der Waals surface area contributed by atoms with E-state index in [0.717, 1.165) is 11.6 Å². The number of ether oxygens (including phenoxy) is 3. The standard InChI is InChI=1S/C23H18N2O8/c26-20(11-8-15-5-4-12-24-14-15)23(32-21(27)22(28)33-23)31-17-9-10-18(19(13-17)25(29)30)16-6-2-1-3-7-16/h1-7,9-10,12-14,20,26H,8,11H2/t20-/m1/s1. The van der Waals surface area contributed by atoms with Crippen molar-refractivity contribution in [3.05, 3.63) is 88.7 Å². The molecule has 0 aliphatic carbocycles. The second-order valence-corrected chi connectivity index (χ2v) is 7.20. The highest BCUT2D eigenvalue weighted by molar-refractivity contribution is 6.31. The summed E-state index contributed by atoms with van der Waals surface area (Å²) >= 11 is 0. The lowest BCUT2D eigenvalue weighted by Gasteiger charge is -2.29. The Labute approximate surface area is 187 Å². The van der Waals surface area contributed by atoms with Crippen LogP contribution in [0.3, 0.4) is 0 Å². The van der Waals surface area contributed by atoms with E-state index in [0.29, 0.717) is 17.5 Å². The van der Waals surface area contributed by atoms with E-state index in [-0.39, 0.29) is 17.9 Å². The third kappa shape index (κ3) is 4.65. The number of esters is 2. The number of aryl methyl sites for hydroxylation is 1. The molecule has 3 aromatic rings. The minimum Gasteiger partial charge on any atom is -0.418 e. The fourth-order valence-electron chi connectivity index (χ4n) is 3.39. The zero-order chi connectivity index (χ0) is 23.4. The normalized spacial score (nSPS) is 15.4. The van der Waals surface area contributed by atoms with E-state index in [1.165, 1.54) is 12.1 Å². The van der Waals surface area contributed by atoms with E-state index >= 15 is 0 Å². The molecule has 33 heavy (non-hydrogen) atoms. The van der Waals surface area contributed by atoms with E-state index in [4.69, 9.17) is 14.2 Å². The van der Waals surface area contributed by atoms with Gasteiger partial charge >= 0.3 is 17.9 Å². The number of benzene rings is 2. The number of hydrogen-bond donors (Lipinski definition) is 1. The summed E-state index contributed by atoms with van der Waals surface area (Å²) in [5, 5.41) is 22.4. The van der Waals surface area contributed by atoms with Crippen molar-refractivity contribution in [1.29, 1.82) is 0 Å². The number of nitro benzene ring substituents is 1. The molecule has 1 aromatic heterocycles. The molecule has 168 valence electrons. The zero-order valence-electron chi connectivity index (χ0n) is 17.1. The van der Waals surface area contributed by atoms with Gasteiger partial charge < -0.3 is 19.3 Å². The highest BCUT2D eigenvalue weighted by atomic mass is 16.9. The SMILES string of the molecule is O=C1OC(Oc2ccc(-c3ccccc3)c([N+](=O)[O-])c2)([C@H](O)CCc2cccnc2)OC1=O. The van der Waals surface area contributed by atoms with Crippen LogP contribution in [0.2, 0.25) is 0 Å². The highest BCUT2D eigenvalue weighted by Gasteiger charge is 2.57. The smallest absolute Gasteiger partial charge is 0.418 e. The van der Waals surface area contributed by atoms with Gasteiger partial charge in [-0.25, -0.2) is 9.59 Å². The van der Waals surface area contributed by atoms with Crippen molar-refractivity contribution in [2.75, 3.05) is 0 Å². The lowest BCUT2D eigenvalue weighted by atomic mass is 10.0. The molecule has 0 amide bonds. The van der Waals surface area contributed by atoms with E-state index in [1.54, 1.807) is 54.9 Å². The van der Waals surface area contributed by atoms with E-state index in [1.807, 2.05) is 0 Å². The molecule has 1 aliphatic rings. The first-order valence-electron chi connectivity index (χ1n) is 9.94. The van der Waals surface area contributed by atoms with Gasteiger partial charge in [0.15, 0.2) is 6.10 Å². The fourth-order valence-corrected chi connectivity index (χ4v) is 3.39. The minimum absolute atomic E-state index is 0.0174. The number of nitrogens with zero attached hydrogens (tertiary/aromatic N) is 2. The van der Waals surface area contributed by atoms with Crippen LogP contribution in [-0.4, -0.2) is 39.0 Å². The maximum Gasteiger partial charge on any atom is 0.450 e. The Morgan fingerprint density at radius 2 is 1.79 bits per heavy atom. The molecule has 0 radical (unpaired) electrons. The summed E-state index contributed by atoms with van der Waals surface area (Å²) in [7, 11) is 0.